The minimum atomic E-state index is -1.29. The SMILES string of the molecule is CCCCCCCCCCC(CCC#N)C(=O)NCC(=O)[O-].[K+]. The van der Waals surface area contributed by atoms with E-state index in [-0.39, 0.29) is 63.2 Å². The van der Waals surface area contributed by atoms with Crippen LogP contribution in [0.2, 0.25) is 0 Å². The molecule has 0 aliphatic carbocycles. The summed E-state index contributed by atoms with van der Waals surface area (Å²) in [5.74, 6) is -1.83. The first-order valence-corrected chi connectivity index (χ1v) is 8.46. The van der Waals surface area contributed by atoms with Crippen molar-refractivity contribution in [2.75, 3.05) is 6.54 Å². The zero-order valence-electron chi connectivity index (χ0n) is 14.7. The number of aliphatic carboxylic acids is 1. The molecular weight excluding hydrogens is 319 g/mol. The number of hydrogen-bond acceptors (Lipinski definition) is 4. The molecule has 0 saturated carbocycles. The van der Waals surface area contributed by atoms with E-state index in [1.54, 1.807) is 0 Å². The van der Waals surface area contributed by atoms with Gasteiger partial charge in [0.05, 0.1) is 18.6 Å². The Balaban J connectivity index is 0. The van der Waals surface area contributed by atoms with Gasteiger partial charge in [-0.25, -0.2) is 0 Å². The van der Waals surface area contributed by atoms with Gasteiger partial charge in [0.2, 0.25) is 5.91 Å². The molecule has 5 nitrogen and oxygen atoms in total. The normalized spacial score (nSPS) is 11.1. The van der Waals surface area contributed by atoms with E-state index in [9.17, 15) is 14.7 Å². The summed E-state index contributed by atoms with van der Waals surface area (Å²) < 4.78 is 0. The minimum Gasteiger partial charge on any atom is -0.548 e. The molecule has 0 rings (SSSR count). The van der Waals surface area contributed by atoms with Gasteiger partial charge in [-0.15, -0.1) is 0 Å². The topological polar surface area (TPSA) is 93.0 Å². The molecule has 0 saturated heterocycles. The number of nitriles is 1. The number of carboxylic acid groups (broad SMARTS) is 1. The third-order valence-electron chi connectivity index (χ3n) is 3.79. The molecule has 0 fully saturated rings. The van der Waals surface area contributed by atoms with Gasteiger partial charge in [-0.3, -0.25) is 4.79 Å². The van der Waals surface area contributed by atoms with Crippen molar-refractivity contribution in [3.63, 3.8) is 0 Å². The molecule has 1 unspecified atom stereocenters. The summed E-state index contributed by atoms with van der Waals surface area (Å²) in [4.78, 5) is 22.2. The predicted octanol–water partition coefficient (Wildman–Crippen LogP) is -0.693. The van der Waals surface area contributed by atoms with Crippen molar-refractivity contribution < 1.29 is 66.1 Å². The van der Waals surface area contributed by atoms with Crippen LogP contribution in [-0.4, -0.2) is 18.4 Å². The molecule has 6 heteroatoms. The van der Waals surface area contributed by atoms with Gasteiger partial charge >= 0.3 is 51.4 Å². The molecule has 0 heterocycles. The Hall–Kier alpha value is 0.0664. The summed E-state index contributed by atoms with van der Waals surface area (Å²) in [6.45, 7) is 1.74. The number of rotatable bonds is 14. The second kappa shape index (κ2) is 18.4. The zero-order chi connectivity index (χ0) is 16.6. The molecule has 0 aromatic carbocycles. The van der Waals surface area contributed by atoms with Crippen LogP contribution in [0.25, 0.3) is 0 Å². The van der Waals surface area contributed by atoms with Crippen LogP contribution in [0.4, 0.5) is 0 Å². The number of nitrogens with zero attached hydrogens (tertiary/aromatic N) is 1. The van der Waals surface area contributed by atoms with E-state index < -0.39 is 12.5 Å². The maximum Gasteiger partial charge on any atom is 1.00 e. The van der Waals surface area contributed by atoms with Crippen LogP contribution in [0, 0.1) is 17.2 Å². The molecule has 1 N–H and O–H groups in total. The van der Waals surface area contributed by atoms with E-state index in [0.717, 1.165) is 19.3 Å². The zero-order valence-corrected chi connectivity index (χ0v) is 17.9. The quantitative estimate of drug-likeness (QED) is 0.332. The third-order valence-corrected chi connectivity index (χ3v) is 3.79. The largest absolute Gasteiger partial charge is 1.00 e. The Morgan fingerprint density at radius 3 is 2.13 bits per heavy atom. The maximum absolute atomic E-state index is 11.9. The summed E-state index contributed by atoms with van der Waals surface area (Å²) in [6.07, 6.45) is 11.1. The molecule has 1 amide bonds. The van der Waals surface area contributed by atoms with Crippen molar-refractivity contribution in [1.29, 1.82) is 5.26 Å². The maximum atomic E-state index is 11.9. The number of carbonyl (C=O) groups is 2. The average Bonchev–Trinajstić information content (AvgIpc) is 2.50. The molecule has 126 valence electrons. The summed E-state index contributed by atoms with van der Waals surface area (Å²) in [5, 5.41) is 21.4. The fourth-order valence-corrected chi connectivity index (χ4v) is 2.47. The van der Waals surface area contributed by atoms with Gasteiger partial charge in [0.15, 0.2) is 0 Å². The van der Waals surface area contributed by atoms with E-state index in [1.807, 2.05) is 6.07 Å². The standard InChI is InChI=1S/C17H30N2O3.K/c1-2-3-4-5-6-7-8-9-11-15(12-10-13-18)17(22)19-14-16(20)21;/h15H,2-12,14H2,1H3,(H,19,22)(H,20,21);/q;+1/p-1. The van der Waals surface area contributed by atoms with Gasteiger partial charge in [0.1, 0.15) is 0 Å². The monoisotopic (exact) mass is 348 g/mol. The number of nitrogens with one attached hydrogen (secondary N) is 1. The minimum absolute atomic E-state index is 0. The smallest absolute Gasteiger partial charge is 0.548 e. The van der Waals surface area contributed by atoms with Crippen molar-refractivity contribution >= 4 is 11.9 Å². The van der Waals surface area contributed by atoms with Crippen LogP contribution < -0.4 is 61.8 Å². The van der Waals surface area contributed by atoms with E-state index in [2.05, 4.69) is 12.2 Å². The summed E-state index contributed by atoms with van der Waals surface area (Å²) >= 11 is 0. The van der Waals surface area contributed by atoms with Crippen LogP contribution in [-0.2, 0) is 9.59 Å². The Kier molecular flexibility index (Phi) is 20.3. The van der Waals surface area contributed by atoms with Gasteiger partial charge < -0.3 is 15.2 Å². The molecule has 0 radical (unpaired) electrons. The Morgan fingerprint density at radius 2 is 1.61 bits per heavy atom. The Morgan fingerprint density at radius 1 is 1.04 bits per heavy atom. The molecule has 0 aliphatic rings. The fraction of sp³-hybridized carbons (Fsp3) is 0.824. The second-order valence-corrected chi connectivity index (χ2v) is 5.75. The predicted molar refractivity (Wildman–Crippen MR) is 83.6 cm³/mol. The molecule has 0 aromatic rings. The van der Waals surface area contributed by atoms with Crippen molar-refractivity contribution in [3.05, 3.63) is 0 Å². The molecule has 0 bridgehead atoms. The number of unbranched alkanes of at least 4 members (excludes halogenated alkanes) is 7. The van der Waals surface area contributed by atoms with Crippen molar-refractivity contribution in [1.82, 2.24) is 5.32 Å². The number of hydrogen-bond donors (Lipinski definition) is 1. The second-order valence-electron chi connectivity index (χ2n) is 5.75. The van der Waals surface area contributed by atoms with E-state index in [0.29, 0.717) is 12.8 Å². The molecular formula is C17H29KN2O3. The van der Waals surface area contributed by atoms with Crippen molar-refractivity contribution in [3.8, 4) is 6.07 Å². The summed E-state index contributed by atoms with van der Waals surface area (Å²) in [6, 6.07) is 2.04. The van der Waals surface area contributed by atoms with Crippen LogP contribution in [0.15, 0.2) is 0 Å². The molecule has 23 heavy (non-hydrogen) atoms. The molecule has 0 aliphatic heterocycles. The first-order valence-electron chi connectivity index (χ1n) is 8.46. The van der Waals surface area contributed by atoms with Crippen molar-refractivity contribution in [2.45, 2.75) is 77.6 Å². The van der Waals surface area contributed by atoms with Gasteiger partial charge in [-0.05, 0) is 12.8 Å². The number of carboxylic acids is 1. The van der Waals surface area contributed by atoms with Crippen LogP contribution in [0.5, 0.6) is 0 Å². The van der Waals surface area contributed by atoms with Gasteiger partial charge in [0.25, 0.3) is 0 Å². The van der Waals surface area contributed by atoms with Crippen LogP contribution in [0.1, 0.15) is 77.6 Å². The summed E-state index contributed by atoms with van der Waals surface area (Å²) in [5.41, 5.74) is 0. The van der Waals surface area contributed by atoms with Crippen LogP contribution in [0.3, 0.4) is 0 Å². The first kappa shape index (κ1) is 25.3. The van der Waals surface area contributed by atoms with Gasteiger partial charge in [-0.2, -0.15) is 5.26 Å². The van der Waals surface area contributed by atoms with E-state index in [4.69, 9.17) is 5.26 Å². The van der Waals surface area contributed by atoms with Crippen LogP contribution >= 0.6 is 0 Å². The van der Waals surface area contributed by atoms with Gasteiger partial charge in [0, 0.05) is 12.3 Å². The first-order chi connectivity index (χ1) is 10.6. The fourth-order valence-electron chi connectivity index (χ4n) is 2.47. The number of carbonyl (C=O) groups excluding carboxylic acids is 2. The van der Waals surface area contributed by atoms with E-state index in [1.165, 1.54) is 38.5 Å². The Bertz CT molecular complexity index is 356. The van der Waals surface area contributed by atoms with Gasteiger partial charge in [-0.1, -0.05) is 58.3 Å². The third kappa shape index (κ3) is 16.7. The van der Waals surface area contributed by atoms with Crippen molar-refractivity contribution in [2.24, 2.45) is 5.92 Å². The van der Waals surface area contributed by atoms with E-state index >= 15 is 0 Å². The summed E-state index contributed by atoms with van der Waals surface area (Å²) in [7, 11) is 0. The Labute approximate surface area is 183 Å². The molecule has 1 atom stereocenters. The average molecular weight is 349 g/mol. The molecule has 0 spiro atoms. The number of amides is 1. The molecule has 0 aromatic heterocycles.